The molecule has 150 valence electrons. The van der Waals surface area contributed by atoms with Gasteiger partial charge in [0.15, 0.2) is 0 Å². The third-order valence-corrected chi connectivity index (χ3v) is 6.09. The van der Waals surface area contributed by atoms with Crippen molar-refractivity contribution >= 4 is 64.6 Å². The number of halogens is 3. The summed E-state index contributed by atoms with van der Waals surface area (Å²) in [6.07, 6.45) is 1.04. The molecule has 3 aromatic rings. The molecule has 8 heteroatoms. The van der Waals surface area contributed by atoms with Crippen molar-refractivity contribution in [2.45, 2.75) is 6.42 Å². The second kappa shape index (κ2) is 9.90. The minimum absolute atomic E-state index is 0. The Morgan fingerprint density at radius 1 is 1.29 bits per heavy atom. The van der Waals surface area contributed by atoms with Crippen molar-refractivity contribution in [1.29, 1.82) is 0 Å². The number of pyridine rings is 1. The molecule has 3 heterocycles. The molecule has 1 aliphatic rings. The molecule has 2 aromatic heterocycles. The number of carbonyl (C=O) groups excluding carboxylic acids is 1. The van der Waals surface area contributed by atoms with Gasteiger partial charge >= 0.3 is 0 Å². The number of hydrogen-bond donors (Lipinski definition) is 1. The highest BCUT2D eigenvalue weighted by Gasteiger charge is 2.28. The van der Waals surface area contributed by atoms with E-state index in [1.807, 2.05) is 54.4 Å². The van der Waals surface area contributed by atoms with Crippen molar-refractivity contribution < 1.29 is 4.79 Å². The van der Waals surface area contributed by atoms with E-state index in [1.165, 1.54) is 11.3 Å². The van der Waals surface area contributed by atoms with Crippen LogP contribution in [-0.4, -0.2) is 42.5 Å². The number of fused-ring (bicyclic) bond motifs is 1. The average Bonchev–Trinajstić information content (AvgIpc) is 3.30. The summed E-state index contributed by atoms with van der Waals surface area (Å²) in [6, 6.07) is 13.6. The van der Waals surface area contributed by atoms with E-state index < -0.39 is 0 Å². The number of nitrogens with zero attached hydrogens (tertiary/aromatic N) is 2. The molecule has 1 N–H and O–H groups in total. The maximum atomic E-state index is 13.3. The van der Waals surface area contributed by atoms with Crippen LogP contribution in [0.2, 0.25) is 4.34 Å². The van der Waals surface area contributed by atoms with Crippen LogP contribution >= 0.6 is 47.8 Å². The van der Waals surface area contributed by atoms with E-state index in [1.54, 1.807) is 0 Å². The number of nitrogens with one attached hydrogen (secondary N) is 1. The third-order valence-electron chi connectivity index (χ3n) is 4.84. The van der Waals surface area contributed by atoms with Crippen LogP contribution in [0.5, 0.6) is 0 Å². The highest BCUT2D eigenvalue weighted by atomic mass is 35.5. The fraction of sp³-hybridized carbons (Fsp3) is 0.300. The normalized spacial score (nSPS) is 15.9. The van der Waals surface area contributed by atoms with Crippen molar-refractivity contribution in [1.82, 2.24) is 15.2 Å². The van der Waals surface area contributed by atoms with Gasteiger partial charge in [0.1, 0.15) is 0 Å². The molecule has 0 saturated carbocycles. The van der Waals surface area contributed by atoms with Gasteiger partial charge in [0.2, 0.25) is 0 Å². The highest BCUT2D eigenvalue weighted by Crippen LogP contribution is 2.33. The number of rotatable bonds is 4. The number of benzene rings is 1. The lowest BCUT2D eigenvalue weighted by atomic mass is 10.1. The molecular formula is C20H22Cl3N3OS. The summed E-state index contributed by atoms with van der Waals surface area (Å²) in [5.74, 6) is 0.610. The van der Waals surface area contributed by atoms with Gasteiger partial charge in [-0.05, 0) is 50.2 Å². The maximum absolute atomic E-state index is 13.3. The first-order valence-electron chi connectivity index (χ1n) is 8.75. The lowest BCUT2D eigenvalue weighted by Gasteiger charge is -2.18. The topological polar surface area (TPSA) is 45.2 Å². The van der Waals surface area contributed by atoms with Gasteiger partial charge in [0, 0.05) is 18.5 Å². The molecule has 0 aliphatic carbocycles. The first-order valence-corrected chi connectivity index (χ1v) is 9.94. The number of aromatic nitrogens is 1. The van der Waals surface area contributed by atoms with E-state index in [0.29, 0.717) is 5.92 Å². The lowest BCUT2D eigenvalue weighted by molar-refractivity contribution is 0.0789. The molecule has 1 saturated heterocycles. The predicted octanol–water partition coefficient (Wildman–Crippen LogP) is 5.14. The molecular weight excluding hydrogens is 437 g/mol. The van der Waals surface area contributed by atoms with Gasteiger partial charge in [-0.15, -0.1) is 36.2 Å². The largest absolute Gasteiger partial charge is 0.338 e. The quantitative estimate of drug-likeness (QED) is 0.588. The van der Waals surface area contributed by atoms with Crippen LogP contribution in [0.3, 0.4) is 0 Å². The Kier molecular flexibility index (Phi) is 8.10. The van der Waals surface area contributed by atoms with Crippen LogP contribution < -0.4 is 5.32 Å². The number of thiophene rings is 1. The molecule has 1 aliphatic heterocycles. The Morgan fingerprint density at radius 2 is 2.07 bits per heavy atom. The zero-order valence-corrected chi connectivity index (χ0v) is 18.6. The lowest BCUT2D eigenvalue weighted by Crippen LogP contribution is -2.30. The molecule has 1 aromatic carbocycles. The molecule has 4 nitrogen and oxygen atoms in total. The minimum atomic E-state index is 0. The number of likely N-dealkylation sites (tertiary alicyclic amines) is 1. The van der Waals surface area contributed by atoms with Gasteiger partial charge in [0.25, 0.3) is 5.91 Å². The van der Waals surface area contributed by atoms with Gasteiger partial charge in [-0.2, -0.15) is 0 Å². The van der Waals surface area contributed by atoms with Gasteiger partial charge < -0.3 is 10.2 Å². The van der Waals surface area contributed by atoms with Crippen molar-refractivity contribution in [3.8, 4) is 10.6 Å². The van der Waals surface area contributed by atoms with Crippen LogP contribution in [-0.2, 0) is 0 Å². The number of carbonyl (C=O) groups is 1. The van der Waals surface area contributed by atoms with E-state index >= 15 is 0 Å². The first-order chi connectivity index (χ1) is 12.7. The van der Waals surface area contributed by atoms with Crippen LogP contribution in [0.4, 0.5) is 0 Å². The molecule has 1 amide bonds. The summed E-state index contributed by atoms with van der Waals surface area (Å²) in [4.78, 5) is 20.9. The van der Waals surface area contributed by atoms with Crippen molar-refractivity contribution in [2.75, 3.05) is 26.7 Å². The molecule has 1 atom stereocenters. The van der Waals surface area contributed by atoms with Crippen LogP contribution in [0.15, 0.2) is 42.5 Å². The summed E-state index contributed by atoms with van der Waals surface area (Å²) in [5.41, 5.74) is 2.36. The van der Waals surface area contributed by atoms with Gasteiger partial charge in [-0.1, -0.05) is 29.8 Å². The van der Waals surface area contributed by atoms with Crippen LogP contribution in [0, 0.1) is 5.92 Å². The molecule has 28 heavy (non-hydrogen) atoms. The van der Waals surface area contributed by atoms with E-state index in [2.05, 4.69) is 5.32 Å². The number of amides is 1. The second-order valence-corrected chi connectivity index (χ2v) is 8.35. The first kappa shape index (κ1) is 22.9. The molecule has 1 fully saturated rings. The molecule has 0 spiro atoms. The summed E-state index contributed by atoms with van der Waals surface area (Å²) in [6.45, 7) is 2.55. The zero-order valence-electron chi connectivity index (χ0n) is 15.4. The molecule has 0 radical (unpaired) electrons. The third kappa shape index (κ3) is 4.61. The Balaban J connectivity index is 0.00000140. The van der Waals surface area contributed by atoms with Crippen molar-refractivity contribution in [3.63, 3.8) is 0 Å². The van der Waals surface area contributed by atoms with E-state index in [0.717, 1.165) is 57.4 Å². The standard InChI is InChI=1S/C20H20ClN3OS.2ClH/c1-22-11-13-8-9-24(12-13)20(25)15-10-17(18-6-7-19(21)26-18)23-16-5-3-2-4-14(15)16;;/h2-7,10,13,22H,8-9,11-12H2,1H3;2*1H. The Bertz CT molecular complexity index is 963. The van der Waals surface area contributed by atoms with Crippen LogP contribution in [0.1, 0.15) is 16.8 Å². The fourth-order valence-corrected chi connectivity index (χ4v) is 4.58. The van der Waals surface area contributed by atoms with E-state index in [4.69, 9.17) is 16.6 Å². The highest BCUT2D eigenvalue weighted by molar-refractivity contribution is 7.19. The zero-order chi connectivity index (χ0) is 18.1. The maximum Gasteiger partial charge on any atom is 0.254 e. The minimum Gasteiger partial charge on any atom is -0.338 e. The average molecular weight is 459 g/mol. The van der Waals surface area contributed by atoms with Gasteiger partial charge in [-0.25, -0.2) is 4.98 Å². The Morgan fingerprint density at radius 3 is 2.79 bits per heavy atom. The smallest absolute Gasteiger partial charge is 0.254 e. The molecule has 0 bridgehead atoms. The SMILES string of the molecule is CNCC1CCN(C(=O)c2cc(-c3ccc(Cl)s3)nc3ccccc23)C1.Cl.Cl. The fourth-order valence-electron chi connectivity index (χ4n) is 3.57. The van der Waals surface area contributed by atoms with E-state index in [9.17, 15) is 4.79 Å². The summed E-state index contributed by atoms with van der Waals surface area (Å²) < 4.78 is 0.720. The predicted molar refractivity (Wildman–Crippen MR) is 122 cm³/mol. The number of hydrogen-bond acceptors (Lipinski definition) is 4. The van der Waals surface area contributed by atoms with Crippen molar-refractivity contribution in [2.24, 2.45) is 5.92 Å². The second-order valence-electron chi connectivity index (χ2n) is 6.64. The summed E-state index contributed by atoms with van der Waals surface area (Å²) in [7, 11) is 1.96. The van der Waals surface area contributed by atoms with Crippen molar-refractivity contribution in [3.05, 3.63) is 52.4 Å². The summed E-state index contributed by atoms with van der Waals surface area (Å²) >= 11 is 7.57. The molecule has 4 rings (SSSR count). The van der Waals surface area contributed by atoms with Gasteiger partial charge in [-0.3, -0.25) is 4.79 Å². The van der Waals surface area contributed by atoms with E-state index in [-0.39, 0.29) is 30.7 Å². The van der Waals surface area contributed by atoms with Gasteiger partial charge in [0.05, 0.1) is 26.0 Å². The van der Waals surface area contributed by atoms with Crippen LogP contribution in [0.25, 0.3) is 21.5 Å². The molecule has 1 unspecified atom stereocenters. The monoisotopic (exact) mass is 457 g/mol. The number of para-hydroxylation sites is 1. The Labute approximate surface area is 186 Å². The summed E-state index contributed by atoms with van der Waals surface area (Å²) in [5, 5.41) is 4.12. The Hall–Kier alpha value is -1.37.